The minimum Gasteiger partial charge on any atom is -0.508 e. The number of fused-ring (bicyclic) bond motifs is 2. The molecular weight excluding hydrogens is 460 g/mol. The highest BCUT2D eigenvalue weighted by molar-refractivity contribution is 5.85. The Kier molecular flexibility index (Phi) is 6.55. The Hall–Kier alpha value is -2.91. The van der Waals surface area contributed by atoms with Crippen LogP contribution in [0.4, 0.5) is 17.6 Å². The van der Waals surface area contributed by atoms with Crippen molar-refractivity contribution >= 4 is 11.2 Å². The number of alkyl halides is 4. The summed E-state index contributed by atoms with van der Waals surface area (Å²) < 4.78 is 53.0. The fourth-order valence-electron chi connectivity index (χ4n) is 5.13. The van der Waals surface area contributed by atoms with Gasteiger partial charge in [0.15, 0.2) is 0 Å². The van der Waals surface area contributed by atoms with Crippen LogP contribution in [0.1, 0.15) is 35.2 Å². The third-order valence-corrected chi connectivity index (χ3v) is 6.74. The third-order valence-electron chi connectivity index (χ3n) is 6.74. The summed E-state index contributed by atoms with van der Waals surface area (Å²) in [6.45, 7) is 0.921. The monoisotopic (exact) mass is 488 g/mol. The number of aryl methyl sites for hydroxylation is 1. The van der Waals surface area contributed by atoms with E-state index in [0.29, 0.717) is 13.0 Å². The number of hydrogen-bond acceptors (Lipinski definition) is 4. The van der Waals surface area contributed by atoms with Crippen molar-refractivity contribution in [2.75, 3.05) is 32.9 Å². The fraction of sp³-hybridized carbons (Fsp3) is 0.423. The maximum Gasteiger partial charge on any atom is 0.401 e. The number of rotatable bonds is 7. The largest absolute Gasteiger partial charge is 0.508 e. The zero-order valence-corrected chi connectivity index (χ0v) is 19.3. The van der Waals surface area contributed by atoms with Crippen LogP contribution >= 0.6 is 0 Å². The molecule has 9 heteroatoms. The zero-order valence-electron chi connectivity index (χ0n) is 19.3. The lowest BCUT2D eigenvalue weighted by Gasteiger charge is -2.37. The van der Waals surface area contributed by atoms with Crippen LogP contribution in [0.25, 0.3) is 11.2 Å². The van der Waals surface area contributed by atoms with E-state index in [1.807, 2.05) is 35.0 Å². The topological polar surface area (TPSA) is 52.8 Å². The first kappa shape index (κ1) is 23.8. The van der Waals surface area contributed by atoms with Gasteiger partial charge in [-0.1, -0.05) is 6.07 Å². The van der Waals surface area contributed by atoms with Gasteiger partial charge in [0.2, 0.25) is 0 Å². The van der Waals surface area contributed by atoms with Crippen LogP contribution < -0.4 is 5.32 Å². The second-order valence-corrected chi connectivity index (χ2v) is 9.52. The number of nitrogens with one attached hydrogen (secondary N) is 1. The molecule has 1 aliphatic heterocycles. The minimum absolute atomic E-state index is 0.115. The van der Waals surface area contributed by atoms with E-state index in [1.165, 1.54) is 0 Å². The molecule has 0 unspecified atom stereocenters. The van der Waals surface area contributed by atoms with Crippen LogP contribution in [-0.2, 0) is 13.0 Å². The second kappa shape index (κ2) is 9.62. The standard InChI is InChI=1S/C26H28F4N4O/c27-10-17-12-33(13-17)14-21-15-34-7-6-19(9-24(34)32-21)25-20(11-31-16-26(28,29)30)3-1-2-18-8-22(35)4-5-23(18)25/h4-9,15,17,31,35H,1-3,10-14,16H2. The molecule has 186 valence electrons. The summed E-state index contributed by atoms with van der Waals surface area (Å²) in [5.74, 6) is 0.292. The lowest BCUT2D eigenvalue weighted by Crippen LogP contribution is -2.46. The summed E-state index contributed by atoms with van der Waals surface area (Å²) in [4.78, 5) is 6.92. The normalized spacial score (nSPS) is 17.5. The molecule has 0 saturated carbocycles. The van der Waals surface area contributed by atoms with Crippen LogP contribution in [0, 0.1) is 5.92 Å². The van der Waals surface area contributed by atoms with Crippen molar-refractivity contribution in [3.8, 4) is 5.75 Å². The van der Waals surface area contributed by atoms with E-state index in [9.17, 15) is 22.7 Å². The molecule has 3 heterocycles. The highest BCUT2D eigenvalue weighted by Gasteiger charge is 2.28. The molecule has 35 heavy (non-hydrogen) atoms. The number of aromatic hydroxyl groups is 1. The summed E-state index contributed by atoms with van der Waals surface area (Å²) >= 11 is 0. The smallest absolute Gasteiger partial charge is 0.401 e. The molecule has 1 saturated heterocycles. The average molecular weight is 489 g/mol. The number of nitrogens with zero attached hydrogens (tertiary/aromatic N) is 3. The molecule has 2 aromatic heterocycles. The van der Waals surface area contributed by atoms with Gasteiger partial charge in [-0.15, -0.1) is 0 Å². The molecule has 3 aromatic rings. The number of likely N-dealkylation sites (tertiary alicyclic amines) is 1. The SMILES string of the molecule is Oc1ccc2c(c1)CCCC(CNCC(F)(F)F)=C2c1ccn2cc(CN3CC(CF)C3)nc2c1. The van der Waals surface area contributed by atoms with Crippen molar-refractivity contribution in [2.45, 2.75) is 32.0 Å². The Morgan fingerprint density at radius 1 is 1.11 bits per heavy atom. The van der Waals surface area contributed by atoms with Gasteiger partial charge in [-0.3, -0.25) is 9.29 Å². The van der Waals surface area contributed by atoms with Gasteiger partial charge in [0, 0.05) is 44.5 Å². The van der Waals surface area contributed by atoms with Gasteiger partial charge in [0.25, 0.3) is 0 Å². The van der Waals surface area contributed by atoms with Crippen LogP contribution in [0.3, 0.4) is 0 Å². The molecule has 0 atom stereocenters. The van der Waals surface area contributed by atoms with Gasteiger partial charge in [-0.05, 0) is 71.4 Å². The molecular formula is C26H28F4N4O. The van der Waals surface area contributed by atoms with Crippen molar-refractivity contribution in [2.24, 2.45) is 5.92 Å². The molecule has 5 rings (SSSR count). The van der Waals surface area contributed by atoms with E-state index in [1.54, 1.807) is 12.1 Å². The van der Waals surface area contributed by atoms with Crippen molar-refractivity contribution in [3.63, 3.8) is 0 Å². The molecule has 0 amide bonds. The molecule has 0 radical (unpaired) electrons. The van der Waals surface area contributed by atoms with Crippen molar-refractivity contribution < 1.29 is 22.7 Å². The molecule has 2 aliphatic rings. The third kappa shape index (κ3) is 5.36. The summed E-state index contributed by atoms with van der Waals surface area (Å²) in [6.07, 6.45) is 1.78. The van der Waals surface area contributed by atoms with E-state index < -0.39 is 12.7 Å². The van der Waals surface area contributed by atoms with E-state index in [4.69, 9.17) is 4.98 Å². The molecule has 1 fully saturated rings. The molecule has 2 N–H and O–H groups in total. The number of aromatic nitrogens is 2. The van der Waals surface area contributed by atoms with Crippen molar-refractivity contribution in [1.29, 1.82) is 0 Å². The number of imidazole rings is 1. The van der Waals surface area contributed by atoms with E-state index in [2.05, 4.69) is 10.2 Å². The summed E-state index contributed by atoms with van der Waals surface area (Å²) in [7, 11) is 0. The van der Waals surface area contributed by atoms with Gasteiger partial charge in [0.05, 0.1) is 18.9 Å². The van der Waals surface area contributed by atoms with Gasteiger partial charge >= 0.3 is 6.18 Å². The molecule has 0 spiro atoms. The Morgan fingerprint density at radius 2 is 1.94 bits per heavy atom. The second-order valence-electron chi connectivity index (χ2n) is 9.52. The predicted octanol–water partition coefficient (Wildman–Crippen LogP) is 4.73. The Bertz CT molecular complexity index is 1240. The number of phenolic OH excluding ortho intramolecular Hbond substituents is 1. The van der Waals surface area contributed by atoms with Crippen LogP contribution in [0.5, 0.6) is 5.75 Å². The van der Waals surface area contributed by atoms with Gasteiger partial charge in [-0.25, -0.2) is 4.98 Å². The van der Waals surface area contributed by atoms with Gasteiger partial charge in [-0.2, -0.15) is 13.2 Å². The predicted molar refractivity (Wildman–Crippen MR) is 126 cm³/mol. The number of hydrogen-bond donors (Lipinski definition) is 2. The lowest BCUT2D eigenvalue weighted by atomic mass is 9.91. The van der Waals surface area contributed by atoms with E-state index >= 15 is 0 Å². The van der Waals surface area contributed by atoms with E-state index in [0.717, 1.165) is 65.1 Å². The van der Waals surface area contributed by atoms with Gasteiger partial charge < -0.3 is 14.8 Å². The van der Waals surface area contributed by atoms with Crippen LogP contribution in [-0.4, -0.2) is 58.4 Å². The number of phenols is 1. The summed E-state index contributed by atoms with van der Waals surface area (Å²) in [6, 6.07) is 9.13. The molecule has 5 nitrogen and oxygen atoms in total. The number of halogens is 4. The first-order chi connectivity index (χ1) is 16.8. The molecule has 1 aromatic carbocycles. The Balaban J connectivity index is 1.49. The van der Waals surface area contributed by atoms with Gasteiger partial charge in [0.1, 0.15) is 11.4 Å². The minimum atomic E-state index is -4.28. The number of pyridine rings is 1. The first-order valence-electron chi connectivity index (χ1n) is 11.9. The fourth-order valence-corrected chi connectivity index (χ4v) is 5.13. The highest BCUT2D eigenvalue weighted by Crippen LogP contribution is 2.37. The Labute approximate surface area is 201 Å². The summed E-state index contributed by atoms with van der Waals surface area (Å²) in [5.41, 5.74) is 6.24. The van der Waals surface area contributed by atoms with Crippen molar-refractivity contribution in [1.82, 2.24) is 19.6 Å². The highest BCUT2D eigenvalue weighted by atomic mass is 19.4. The maximum atomic E-state index is 12.8. The summed E-state index contributed by atoms with van der Waals surface area (Å²) in [5, 5.41) is 12.6. The quantitative estimate of drug-likeness (QED) is 0.472. The van der Waals surface area contributed by atoms with Crippen LogP contribution in [0.2, 0.25) is 0 Å². The van der Waals surface area contributed by atoms with Crippen molar-refractivity contribution in [3.05, 3.63) is 70.7 Å². The van der Waals surface area contributed by atoms with Crippen LogP contribution in [0.15, 0.2) is 48.3 Å². The zero-order chi connectivity index (χ0) is 24.6. The molecule has 0 bridgehead atoms. The maximum absolute atomic E-state index is 12.8. The first-order valence-corrected chi connectivity index (χ1v) is 11.9. The average Bonchev–Trinajstić information content (AvgIpc) is 3.09. The van der Waals surface area contributed by atoms with E-state index in [-0.39, 0.29) is 24.9 Å². The Morgan fingerprint density at radius 3 is 2.71 bits per heavy atom. The number of benzene rings is 1. The molecule has 1 aliphatic carbocycles. The lowest BCUT2D eigenvalue weighted by molar-refractivity contribution is -0.124.